The molecule has 0 unspecified atom stereocenters. The molecular weight excluding hydrogens is 398 g/mol. The summed E-state index contributed by atoms with van der Waals surface area (Å²) >= 11 is 0. The first-order valence-corrected chi connectivity index (χ1v) is 13.3. The first-order chi connectivity index (χ1) is 15.7. The standard InChI is InChI=1S/C28H43NO3/c1-2-31-27(30)7-3-6-20-29-21-14-24(15-22-29)23-8-10-25(11-9-23)32-26-12-18-28(19-13-26)16-4-5-17-28/h8-11,24,26H,2-7,12-22H2,1H3. The summed E-state index contributed by atoms with van der Waals surface area (Å²) in [5.74, 6) is 1.66. The summed E-state index contributed by atoms with van der Waals surface area (Å²) in [5, 5.41) is 0. The number of esters is 1. The molecule has 0 atom stereocenters. The lowest BCUT2D eigenvalue weighted by Crippen LogP contribution is -2.33. The van der Waals surface area contributed by atoms with Gasteiger partial charge in [0.2, 0.25) is 0 Å². The van der Waals surface area contributed by atoms with E-state index >= 15 is 0 Å². The van der Waals surface area contributed by atoms with E-state index in [4.69, 9.17) is 9.47 Å². The van der Waals surface area contributed by atoms with Crippen LogP contribution in [-0.2, 0) is 9.53 Å². The van der Waals surface area contributed by atoms with Gasteiger partial charge in [0, 0.05) is 6.42 Å². The fourth-order valence-corrected chi connectivity index (χ4v) is 6.29. The minimum absolute atomic E-state index is 0.0557. The number of carbonyl (C=O) groups is 1. The molecule has 2 aliphatic carbocycles. The molecule has 2 saturated carbocycles. The molecule has 1 aliphatic heterocycles. The second kappa shape index (κ2) is 11.5. The van der Waals surface area contributed by atoms with Gasteiger partial charge in [0.1, 0.15) is 5.75 Å². The van der Waals surface area contributed by atoms with Crippen LogP contribution < -0.4 is 4.74 Å². The van der Waals surface area contributed by atoms with Gasteiger partial charge in [0.05, 0.1) is 12.7 Å². The Morgan fingerprint density at radius 1 is 0.969 bits per heavy atom. The van der Waals surface area contributed by atoms with Crippen LogP contribution in [0.25, 0.3) is 0 Å². The molecule has 0 radical (unpaired) electrons. The highest BCUT2D eigenvalue weighted by Crippen LogP contribution is 2.49. The number of ether oxygens (including phenoxy) is 2. The van der Waals surface area contributed by atoms with Crippen LogP contribution >= 0.6 is 0 Å². The molecule has 3 aliphatic rings. The van der Waals surface area contributed by atoms with Crippen molar-refractivity contribution in [1.29, 1.82) is 0 Å². The summed E-state index contributed by atoms with van der Waals surface area (Å²) in [7, 11) is 0. The molecule has 0 bridgehead atoms. The minimum atomic E-state index is -0.0557. The number of unbranched alkanes of at least 4 members (excludes halogenated alkanes) is 1. The van der Waals surface area contributed by atoms with Crippen molar-refractivity contribution >= 4 is 5.97 Å². The SMILES string of the molecule is CCOC(=O)CCCCN1CCC(c2ccc(OC3CCC4(CCCC4)CC3)cc2)CC1. The maximum Gasteiger partial charge on any atom is 0.305 e. The van der Waals surface area contributed by atoms with E-state index in [1.54, 1.807) is 0 Å². The summed E-state index contributed by atoms with van der Waals surface area (Å²) in [6.07, 6.45) is 16.5. The van der Waals surface area contributed by atoms with Crippen LogP contribution in [-0.4, -0.2) is 43.2 Å². The Morgan fingerprint density at radius 3 is 2.31 bits per heavy atom. The average Bonchev–Trinajstić information content (AvgIpc) is 3.28. The molecule has 4 heteroatoms. The molecule has 0 N–H and O–H groups in total. The van der Waals surface area contributed by atoms with Crippen molar-refractivity contribution in [3.8, 4) is 5.75 Å². The van der Waals surface area contributed by atoms with Crippen LogP contribution in [0.15, 0.2) is 24.3 Å². The van der Waals surface area contributed by atoms with E-state index < -0.39 is 0 Å². The zero-order valence-electron chi connectivity index (χ0n) is 20.2. The van der Waals surface area contributed by atoms with E-state index in [-0.39, 0.29) is 5.97 Å². The molecule has 0 amide bonds. The smallest absolute Gasteiger partial charge is 0.305 e. The number of likely N-dealkylation sites (tertiary alicyclic amines) is 1. The summed E-state index contributed by atoms with van der Waals surface area (Å²) in [6, 6.07) is 9.01. The summed E-state index contributed by atoms with van der Waals surface area (Å²) in [4.78, 5) is 14.0. The van der Waals surface area contributed by atoms with Crippen LogP contribution in [0.4, 0.5) is 0 Å². The first kappa shape index (κ1) is 23.6. The van der Waals surface area contributed by atoms with E-state index in [2.05, 4.69) is 29.2 Å². The van der Waals surface area contributed by atoms with E-state index in [0.29, 0.717) is 30.5 Å². The highest BCUT2D eigenvalue weighted by atomic mass is 16.5. The maximum absolute atomic E-state index is 11.4. The quantitative estimate of drug-likeness (QED) is 0.325. The van der Waals surface area contributed by atoms with Crippen molar-refractivity contribution in [2.24, 2.45) is 5.41 Å². The number of rotatable bonds is 9. The fraction of sp³-hybridized carbons (Fsp3) is 0.750. The molecule has 1 aromatic carbocycles. The van der Waals surface area contributed by atoms with Crippen LogP contribution in [0.1, 0.15) is 102 Å². The van der Waals surface area contributed by atoms with Crippen molar-refractivity contribution < 1.29 is 14.3 Å². The van der Waals surface area contributed by atoms with Crippen molar-refractivity contribution in [1.82, 2.24) is 4.90 Å². The monoisotopic (exact) mass is 441 g/mol. The molecule has 0 aromatic heterocycles. The average molecular weight is 442 g/mol. The van der Waals surface area contributed by atoms with Crippen LogP contribution in [0.3, 0.4) is 0 Å². The number of piperidine rings is 1. The topological polar surface area (TPSA) is 38.8 Å². The zero-order valence-corrected chi connectivity index (χ0v) is 20.2. The Morgan fingerprint density at radius 2 is 1.66 bits per heavy atom. The van der Waals surface area contributed by atoms with Gasteiger partial charge >= 0.3 is 5.97 Å². The molecule has 1 aromatic rings. The van der Waals surface area contributed by atoms with E-state index in [1.165, 1.54) is 69.8 Å². The second-order valence-corrected chi connectivity index (χ2v) is 10.5. The van der Waals surface area contributed by atoms with E-state index in [0.717, 1.165) is 38.2 Å². The Bertz CT molecular complexity index is 692. The Balaban J connectivity index is 1.14. The van der Waals surface area contributed by atoms with Crippen molar-refractivity contribution in [2.75, 3.05) is 26.2 Å². The molecule has 3 fully saturated rings. The second-order valence-electron chi connectivity index (χ2n) is 10.5. The number of hydrogen-bond acceptors (Lipinski definition) is 4. The Kier molecular flexibility index (Phi) is 8.51. The first-order valence-electron chi connectivity index (χ1n) is 13.3. The highest BCUT2D eigenvalue weighted by molar-refractivity contribution is 5.69. The molecule has 32 heavy (non-hydrogen) atoms. The van der Waals surface area contributed by atoms with Gasteiger partial charge in [-0.25, -0.2) is 0 Å². The third-order valence-corrected chi connectivity index (χ3v) is 8.31. The number of benzene rings is 1. The van der Waals surface area contributed by atoms with Crippen LogP contribution in [0, 0.1) is 5.41 Å². The molecule has 178 valence electrons. The predicted molar refractivity (Wildman–Crippen MR) is 129 cm³/mol. The fourth-order valence-electron chi connectivity index (χ4n) is 6.29. The normalized spacial score (nSPS) is 22.3. The zero-order chi connectivity index (χ0) is 22.2. The number of nitrogens with zero attached hydrogens (tertiary/aromatic N) is 1. The van der Waals surface area contributed by atoms with Gasteiger partial charge in [-0.15, -0.1) is 0 Å². The minimum Gasteiger partial charge on any atom is -0.490 e. The third-order valence-electron chi connectivity index (χ3n) is 8.31. The number of hydrogen-bond donors (Lipinski definition) is 0. The molecule has 1 heterocycles. The maximum atomic E-state index is 11.4. The van der Waals surface area contributed by atoms with Gasteiger partial charge in [0.15, 0.2) is 0 Å². The van der Waals surface area contributed by atoms with Gasteiger partial charge in [-0.1, -0.05) is 25.0 Å². The van der Waals surface area contributed by atoms with Gasteiger partial charge < -0.3 is 14.4 Å². The molecule has 1 saturated heterocycles. The van der Waals surface area contributed by atoms with Crippen molar-refractivity contribution in [3.63, 3.8) is 0 Å². The predicted octanol–water partition coefficient (Wildman–Crippen LogP) is 6.48. The van der Waals surface area contributed by atoms with Gasteiger partial charge in [-0.3, -0.25) is 4.79 Å². The summed E-state index contributed by atoms with van der Waals surface area (Å²) in [6.45, 7) is 5.77. The lowest BCUT2D eigenvalue weighted by molar-refractivity contribution is -0.143. The third kappa shape index (κ3) is 6.50. The highest BCUT2D eigenvalue weighted by Gasteiger charge is 2.38. The van der Waals surface area contributed by atoms with Gasteiger partial charge in [-0.05, 0) is 120 Å². The molecule has 4 rings (SSSR count). The summed E-state index contributed by atoms with van der Waals surface area (Å²) in [5.41, 5.74) is 2.15. The van der Waals surface area contributed by atoms with Crippen molar-refractivity contribution in [2.45, 2.75) is 102 Å². The summed E-state index contributed by atoms with van der Waals surface area (Å²) < 4.78 is 11.4. The largest absolute Gasteiger partial charge is 0.490 e. The molecular formula is C28H43NO3. The van der Waals surface area contributed by atoms with Crippen LogP contribution in [0.5, 0.6) is 5.75 Å². The van der Waals surface area contributed by atoms with Gasteiger partial charge in [-0.2, -0.15) is 0 Å². The lowest BCUT2D eigenvalue weighted by Gasteiger charge is -2.37. The Labute approximate surface area is 195 Å². The van der Waals surface area contributed by atoms with Gasteiger partial charge in [0.25, 0.3) is 0 Å². The Hall–Kier alpha value is -1.55. The lowest BCUT2D eigenvalue weighted by atomic mass is 9.72. The van der Waals surface area contributed by atoms with Crippen molar-refractivity contribution in [3.05, 3.63) is 29.8 Å². The number of carbonyl (C=O) groups excluding carboxylic acids is 1. The molecule has 1 spiro atoms. The van der Waals surface area contributed by atoms with Crippen LogP contribution in [0.2, 0.25) is 0 Å². The molecule has 4 nitrogen and oxygen atoms in total. The van der Waals surface area contributed by atoms with E-state index in [9.17, 15) is 4.79 Å². The van der Waals surface area contributed by atoms with E-state index in [1.807, 2.05) is 6.92 Å².